The van der Waals surface area contributed by atoms with Gasteiger partial charge in [0.15, 0.2) is 5.69 Å². The van der Waals surface area contributed by atoms with Gasteiger partial charge in [-0.15, -0.1) is 11.3 Å². The SMILES string of the molecule is Cc1ccc(-c2nc(C(=O)OC(C(N)=O)c3ccccc3)cs2)cc1. The molecule has 0 bridgehead atoms. The lowest BCUT2D eigenvalue weighted by Crippen LogP contribution is -2.26. The quantitative estimate of drug-likeness (QED) is 0.713. The van der Waals surface area contributed by atoms with Crippen molar-refractivity contribution in [1.82, 2.24) is 4.98 Å². The number of esters is 1. The highest BCUT2D eigenvalue weighted by Crippen LogP contribution is 2.25. The molecule has 3 aromatic rings. The third kappa shape index (κ3) is 3.92. The monoisotopic (exact) mass is 352 g/mol. The number of primary amides is 1. The molecule has 1 unspecified atom stereocenters. The minimum atomic E-state index is -1.14. The first-order valence-corrected chi connectivity index (χ1v) is 8.50. The van der Waals surface area contributed by atoms with Crippen LogP contribution in [-0.4, -0.2) is 16.9 Å². The second-order valence-electron chi connectivity index (χ2n) is 5.50. The van der Waals surface area contributed by atoms with Crippen molar-refractivity contribution < 1.29 is 14.3 Å². The van der Waals surface area contributed by atoms with Crippen molar-refractivity contribution in [3.05, 3.63) is 76.8 Å². The molecule has 126 valence electrons. The molecule has 2 aromatic carbocycles. The summed E-state index contributed by atoms with van der Waals surface area (Å²) in [4.78, 5) is 28.3. The summed E-state index contributed by atoms with van der Waals surface area (Å²) in [7, 11) is 0. The Morgan fingerprint density at radius 1 is 1.08 bits per heavy atom. The summed E-state index contributed by atoms with van der Waals surface area (Å²) in [6, 6.07) is 16.5. The van der Waals surface area contributed by atoms with Crippen LogP contribution >= 0.6 is 11.3 Å². The first-order valence-electron chi connectivity index (χ1n) is 7.62. The minimum absolute atomic E-state index is 0.155. The fraction of sp³-hybridized carbons (Fsp3) is 0.105. The molecule has 0 saturated heterocycles. The average Bonchev–Trinajstić information content (AvgIpc) is 3.11. The number of hydrogen-bond donors (Lipinski definition) is 1. The number of carbonyl (C=O) groups excluding carboxylic acids is 2. The van der Waals surface area contributed by atoms with E-state index in [1.165, 1.54) is 11.3 Å². The summed E-state index contributed by atoms with van der Waals surface area (Å²) >= 11 is 1.34. The van der Waals surface area contributed by atoms with Crippen molar-refractivity contribution >= 4 is 23.2 Å². The lowest BCUT2D eigenvalue weighted by atomic mass is 10.1. The number of aromatic nitrogens is 1. The Labute approximate surface area is 149 Å². The van der Waals surface area contributed by atoms with E-state index in [0.717, 1.165) is 11.1 Å². The maximum absolute atomic E-state index is 12.3. The van der Waals surface area contributed by atoms with Crippen LogP contribution in [0.15, 0.2) is 60.0 Å². The summed E-state index contributed by atoms with van der Waals surface area (Å²) in [6.45, 7) is 2.00. The van der Waals surface area contributed by atoms with Crippen LogP contribution < -0.4 is 5.73 Å². The smallest absolute Gasteiger partial charge is 0.358 e. The Morgan fingerprint density at radius 2 is 1.76 bits per heavy atom. The second kappa shape index (κ2) is 7.27. The predicted molar refractivity (Wildman–Crippen MR) is 96.1 cm³/mol. The first-order chi connectivity index (χ1) is 12.0. The van der Waals surface area contributed by atoms with Crippen LogP contribution in [0.25, 0.3) is 10.6 Å². The van der Waals surface area contributed by atoms with E-state index in [2.05, 4.69) is 4.98 Å². The van der Waals surface area contributed by atoms with Gasteiger partial charge in [-0.2, -0.15) is 0 Å². The van der Waals surface area contributed by atoms with Gasteiger partial charge in [0.1, 0.15) is 5.01 Å². The molecule has 0 aliphatic carbocycles. The molecule has 0 fully saturated rings. The first kappa shape index (κ1) is 16.9. The van der Waals surface area contributed by atoms with Gasteiger partial charge >= 0.3 is 5.97 Å². The Hall–Kier alpha value is -2.99. The number of carbonyl (C=O) groups is 2. The van der Waals surface area contributed by atoms with Crippen molar-refractivity contribution in [1.29, 1.82) is 0 Å². The van der Waals surface area contributed by atoms with E-state index in [4.69, 9.17) is 10.5 Å². The summed E-state index contributed by atoms with van der Waals surface area (Å²) in [5, 5.41) is 2.32. The Morgan fingerprint density at radius 3 is 2.40 bits per heavy atom. The zero-order valence-corrected chi connectivity index (χ0v) is 14.3. The normalized spacial score (nSPS) is 11.7. The molecule has 0 saturated carbocycles. The highest BCUT2D eigenvalue weighted by atomic mass is 32.1. The van der Waals surface area contributed by atoms with Crippen LogP contribution in [0.4, 0.5) is 0 Å². The van der Waals surface area contributed by atoms with E-state index in [-0.39, 0.29) is 5.69 Å². The van der Waals surface area contributed by atoms with Crippen molar-refractivity contribution in [2.45, 2.75) is 13.0 Å². The topological polar surface area (TPSA) is 82.3 Å². The van der Waals surface area contributed by atoms with Crippen molar-refractivity contribution in [2.24, 2.45) is 5.73 Å². The van der Waals surface area contributed by atoms with Crippen molar-refractivity contribution in [2.75, 3.05) is 0 Å². The summed E-state index contributed by atoms with van der Waals surface area (Å²) in [6.07, 6.45) is -1.14. The van der Waals surface area contributed by atoms with Crippen molar-refractivity contribution in [3.8, 4) is 10.6 Å². The minimum Gasteiger partial charge on any atom is -0.443 e. The van der Waals surface area contributed by atoms with Crippen LogP contribution in [0.1, 0.15) is 27.7 Å². The van der Waals surface area contributed by atoms with Gasteiger partial charge in [-0.05, 0) is 6.92 Å². The van der Waals surface area contributed by atoms with Gasteiger partial charge in [0.25, 0.3) is 5.91 Å². The number of aryl methyl sites for hydroxylation is 1. The fourth-order valence-corrected chi connectivity index (χ4v) is 3.08. The third-order valence-corrected chi connectivity index (χ3v) is 4.49. The molecule has 1 amide bonds. The van der Waals surface area contributed by atoms with Gasteiger partial charge in [-0.25, -0.2) is 9.78 Å². The van der Waals surface area contributed by atoms with E-state index < -0.39 is 18.0 Å². The van der Waals surface area contributed by atoms with Crippen molar-refractivity contribution in [3.63, 3.8) is 0 Å². The Kier molecular flexibility index (Phi) is 4.90. The van der Waals surface area contributed by atoms with E-state index in [1.807, 2.05) is 31.2 Å². The number of nitrogens with two attached hydrogens (primary N) is 1. The van der Waals surface area contributed by atoms with Crippen LogP contribution in [-0.2, 0) is 9.53 Å². The number of ether oxygens (including phenoxy) is 1. The largest absolute Gasteiger partial charge is 0.443 e. The molecule has 6 heteroatoms. The lowest BCUT2D eigenvalue weighted by molar-refractivity contribution is -0.127. The molecular weight excluding hydrogens is 336 g/mol. The molecule has 0 spiro atoms. The average molecular weight is 352 g/mol. The number of amides is 1. The molecule has 0 radical (unpaired) electrons. The zero-order valence-electron chi connectivity index (χ0n) is 13.5. The molecule has 3 rings (SSSR count). The molecule has 25 heavy (non-hydrogen) atoms. The van der Waals surface area contributed by atoms with Crippen LogP contribution in [0.2, 0.25) is 0 Å². The third-order valence-electron chi connectivity index (χ3n) is 3.60. The standard InChI is InChI=1S/C19H16N2O3S/c1-12-7-9-14(10-8-12)18-21-15(11-25-18)19(23)24-16(17(20)22)13-5-3-2-4-6-13/h2-11,16H,1H3,(H2,20,22). The summed E-state index contributed by atoms with van der Waals surface area (Å²) in [5.41, 5.74) is 8.12. The second-order valence-corrected chi connectivity index (χ2v) is 6.36. The van der Waals surface area contributed by atoms with Gasteiger partial charge < -0.3 is 10.5 Å². The zero-order chi connectivity index (χ0) is 17.8. The van der Waals surface area contributed by atoms with Gasteiger partial charge in [0.2, 0.25) is 6.10 Å². The van der Waals surface area contributed by atoms with Crippen LogP contribution in [0.3, 0.4) is 0 Å². The molecule has 0 aliphatic heterocycles. The fourth-order valence-electron chi connectivity index (χ4n) is 2.28. The van der Waals surface area contributed by atoms with Crippen LogP contribution in [0.5, 0.6) is 0 Å². The highest BCUT2D eigenvalue weighted by Gasteiger charge is 2.24. The van der Waals surface area contributed by atoms with Gasteiger partial charge in [0, 0.05) is 16.5 Å². The van der Waals surface area contributed by atoms with Gasteiger partial charge in [-0.1, -0.05) is 60.2 Å². The Bertz CT molecular complexity index is 889. The molecule has 1 atom stereocenters. The molecule has 1 aromatic heterocycles. The Balaban J connectivity index is 1.79. The van der Waals surface area contributed by atoms with Crippen LogP contribution in [0, 0.1) is 6.92 Å². The molecule has 2 N–H and O–H groups in total. The summed E-state index contributed by atoms with van der Waals surface area (Å²) in [5.74, 6) is -1.41. The van der Waals surface area contributed by atoms with E-state index in [1.54, 1.807) is 35.7 Å². The number of nitrogens with zero attached hydrogens (tertiary/aromatic N) is 1. The molecule has 1 heterocycles. The van der Waals surface area contributed by atoms with Gasteiger partial charge in [-0.3, -0.25) is 4.79 Å². The lowest BCUT2D eigenvalue weighted by Gasteiger charge is -2.14. The number of rotatable bonds is 5. The van der Waals surface area contributed by atoms with Gasteiger partial charge in [0.05, 0.1) is 0 Å². The highest BCUT2D eigenvalue weighted by molar-refractivity contribution is 7.13. The number of hydrogen-bond acceptors (Lipinski definition) is 5. The number of benzene rings is 2. The van der Waals surface area contributed by atoms with E-state index in [9.17, 15) is 9.59 Å². The predicted octanol–water partition coefficient (Wildman–Crippen LogP) is 3.50. The maximum atomic E-state index is 12.3. The summed E-state index contributed by atoms with van der Waals surface area (Å²) < 4.78 is 5.28. The molecular formula is C19H16N2O3S. The molecule has 5 nitrogen and oxygen atoms in total. The molecule has 0 aliphatic rings. The number of thiazole rings is 1. The van der Waals surface area contributed by atoms with E-state index in [0.29, 0.717) is 10.6 Å². The maximum Gasteiger partial charge on any atom is 0.358 e. The van der Waals surface area contributed by atoms with E-state index >= 15 is 0 Å².